The number of ether oxygens (including phenoxy) is 1. The topological polar surface area (TPSA) is 39.8 Å². The zero-order chi connectivity index (χ0) is 28.3. The van der Waals surface area contributed by atoms with E-state index in [-0.39, 0.29) is 49.6 Å². The van der Waals surface area contributed by atoms with Crippen LogP contribution in [-0.2, 0) is 19.5 Å². The molecule has 0 bridgehead atoms. The first-order valence-corrected chi connectivity index (χ1v) is 15.4. The van der Waals surface area contributed by atoms with Crippen molar-refractivity contribution < 1.29 is 4.74 Å². The van der Waals surface area contributed by atoms with Gasteiger partial charge in [0.15, 0.2) is 0 Å². The summed E-state index contributed by atoms with van der Waals surface area (Å²) >= 11 is 0. The molecule has 2 N–H and O–H groups in total. The third kappa shape index (κ3) is 20.8. The Balaban J connectivity index is -0.00000400. The molecule has 0 amide bonds. The first-order valence-electron chi connectivity index (χ1n) is 15.4. The van der Waals surface area contributed by atoms with Gasteiger partial charge in [-0.15, -0.1) is 49.6 Å². The number of halogens is 4. The summed E-state index contributed by atoms with van der Waals surface area (Å²) in [6.45, 7) is 11.4. The summed E-state index contributed by atoms with van der Waals surface area (Å²) in [5.41, 5.74) is 6.83. The largest absolute Gasteiger partial charge is 0.493 e. The Labute approximate surface area is 289 Å². The standard InChI is InChI=1S/C34H58N4O.4ClH/c1-29-26-32(27-35-21-16-23-37(3)4)30(2)33(28-36-22-17-24-38(5)6)34(29)39-25-15-10-8-7-9-12-18-31-19-13-11-14-20-31;;;;/h11,13-14,19-20,26,35-36H,7-10,12,15-18,21-25,27-28H2,1-6H3;4*1H. The molecule has 2 aromatic carbocycles. The molecule has 2 rings (SSSR count). The van der Waals surface area contributed by atoms with Crippen LogP contribution in [0.25, 0.3) is 0 Å². The van der Waals surface area contributed by atoms with Crippen LogP contribution in [0.2, 0.25) is 0 Å². The molecule has 5 nitrogen and oxygen atoms in total. The Morgan fingerprint density at radius 1 is 0.651 bits per heavy atom. The van der Waals surface area contributed by atoms with Crippen LogP contribution in [0.3, 0.4) is 0 Å². The van der Waals surface area contributed by atoms with E-state index in [1.165, 1.54) is 72.8 Å². The second kappa shape index (κ2) is 28.7. The molecular weight excluding hydrogens is 622 g/mol. The van der Waals surface area contributed by atoms with Gasteiger partial charge in [-0.1, -0.05) is 62.1 Å². The molecule has 0 radical (unpaired) electrons. The molecule has 9 heteroatoms. The van der Waals surface area contributed by atoms with Crippen LogP contribution in [0.5, 0.6) is 5.75 Å². The number of nitrogens with one attached hydrogen (secondary N) is 2. The van der Waals surface area contributed by atoms with Crippen LogP contribution in [0, 0.1) is 13.8 Å². The van der Waals surface area contributed by atoms with Gasteiger partial charge in [-0.2, -0.15) is 0 Å². The van der Waals surface area contributed by atoms with E-state index in [0.717, 1.165) is 64.5 Å². The van der Waals surface area contributed by atoms with Crippen molar-refractivity contribution in [2.75, 3.05) is 61.0 Å². The van der Waals surface area contributed by atoms with Crippen molar-refractivity contribution in [3.8, 4) is 5.75 Å². The minimum atomic E-state index is 0. The zero-order valence-electron chi connectivity index (χ0n) is 27.7. The third-order valence-corrected chi connectivity index (χ3v) is 7.44. The van der Waals surface area contributed by atoms with Crippen LogP contribution in [0.1, 0.15) is 79.2 Å². The molecule has 0 unspecified atom stereocenters. The molecule has 0 aliphatic heterocycles. The minimum absolute atomic E-state index is 0. The molecule has 0 aliphatic rings. The van der Waals surface area contributed by atoms with E-state index in [9.17, 15) is 0 Å². The molecule has 252 valence electrons. The second-order valence-corrected chi connectivity index (χ2v) is 11.7. The Kier molecular flexibility index (Phi) is 31.1. The highest BCUT2D eigenvalue weighted by molar-refractivity contribution is 5.86. The summed E-state index contributed by atoms with van der Waals surface area (Å²) in [5, 5.41) is 7.35. The number of unbranched alkanes of at least 4 members (excludes halogenated alkanes) is 5. The fourth-order valence-electron chi connectivity index (χ4n) is 5.07. The zero-order valence-corrected chi connectivity index (χ0v) is 31.0. The van der Waals surface area contributed by atoms with Crippen molar-refractivity contribution in [1.82, 2.24) is 20.4 Å². The van der Waals surface area contributed by atoms with Gasteiger partial charge < -0.3 is 25.2 Å². The van der Waals surface area contributed by atoms with Gasteiger partial charge in [0, 0.05) is 18.7 Å². The summed E-state index contributed by atoms with van der Waals surface area (Å²) in [4.78, 5) is 4.49. The monoisotopic (exact) mass is 682 g/mol. The highest BCUT2D eigenvalue weighted by atomic mass is 35.5. The predicted octanol–water partition coefficient (Wildman–Crippen LogP) is 8.04. The number of benzene rings is 2. The molecule has 0 atom stereocenters. The molecule has 0 fully saturated rings. The number of hydrogen-bond acceptors (Lipinski definition) is 5. The Morgan fingerprint density at radius 3 is 1.77 bits per heavy atom. The number of nitrogens with zero attached hydrogens (tertiary/aromatic N) is 2. The lowest BCUT2D eigenvalue weighted by Crippen LogP contribution is -2.23. The predicted molar refractivity (Wildman–Crippen MR) is 198 cm³/mol. The fraction of sp³-hybridized carbons (Fsp3) is 0.647. The maximum atomic E-state index is 6.48. The van der Waals surface area contributed by atoms with Crippen molar-refractivity contribution >= 4 is 49.6 Å². The fourth-order valence-corrected chi connectivity index (χ4v) is 5.07. The van der Waals surface area contributed by atoms with Crippen molar-refractivity contribution in [3.05, 3.63) is 64.2 Å². The highest BCUT2D eigenvalue weighted by Crippen LogP contribution is 2.30. The molecule has 2 aromatic rings. The smallest absolute Gasteiger partial charge is 0.126 e. The van der Waals surface area contributed by atoms with Gasteiger partial charge in [-0.05, 0) is 123 Å². The van der Waals surface area contributed by atoms with Gasteiger partial charge in [0.05, 0.1) is 6.61 Å². The Hall–Kier alpha value is -0.760. The van der Waals surface area contributed by atoms with Crippen LogP contribution >= 0.6 is 49.6 Å². The van der Waals surface area contributed by atoms with Gasteiger partial charge in [0.25, 0.3) is 0 Å². The molecule has 0 aromatic heterocycles. The lowest BCUT2D eigenvalue weighted by Gasteiger charge is -2.21. The minimum Gasteiger partial charge on any atom is -0.493 e. The van der Waals surface area contributed by atoms with Crippen molar-refractivity contribution in [2.45, 2.75) is 84.7 Å². The Bertz CT molecular complexity index is 917. The lowest BCUT2D eigenvalue weighted by molar-refractivity contribution is 0.298. The number of rotatable bonds is 22. The molecule has 0 saturated heterocycles. The summed E-state index contributed by atoms with van der Waals surface area (Å²) in [5.74, 6) is 1.10. The van der Waals surface area contributed by atoms with E-state index in [0.29, 0.717) is 0 Å². The summed E-state index contributed by atoms with van der Waals surface area (Å²) in [6, 6.07) is 13.2. The quantitative estimate of drug-likeness (QED) is 0.123. The first kappa shape index (κ1) is 46.7. The van der Waals surface area contributed by atoms with Crippen molar-refractivity contribution in [1.29, 1.82) is 0 Å². The molecule has 0 aliphatic carbocycles. The average Bonchev–Trinajstić information content (AvgIpc) is 2.90. The van der Waals surface area contributed by atoms with Crippen LogP contribution in [-0.4, -0.2) is 70.8 Å². The first-order chi connectivity index (χ1) is 18.9. The third-order valence-electron chi connectivity index (χ3n) is 7.44. The maximum Gasteiger partial charge on any atom is 0.126 e. The molecule has 0 saturated carbocycles. The van der Waals surface area contributed by atoms with E-state index in [2.05, 4.69) is 98.9 Å². The molecule has 43 heavy (non-hydrogen) atoms. The van der Waals surface area contributed by atoms with Crippen molar-refractivity contribution in [2.24, 2.45) is 0 Å². The van der Waals surface area contributed by atoms with Gasteiger partial charge in [0.2, 0.25) is 0 Å². The van der Waals surface area contributed by atoms with Crippen LogP contribution in [0.15, 0.2) is 36.4 Å². The number of aryl methyl sites for hydroxylation is 2. The molecule has 0 spiro atoms. The van der Waals surface area contributed by atoms with Crippen LogP contribution in [0.4, 0.5) is 0 Å². The molecule has 0 heterocycles. The summed E-state index contributed by atoms with van der Waals surface area (Å²) in [6.07, 6.45) is 11.1. The van der Waals surface area contributed by atoms with Crippen molar-refractivity contribution in [3.63, 3.8) is 0 Å². The Morgan fingerprint density at radius 2 is 1.19 bits per heavy atom. The molecular formula is C34H62Cl4N4O. The maximum absolute atomic E-state index is 6.48. The van der Waals surface area contributed by atoms with Crippen LogP contribution < -0.4 is 15.4 Å². The normalized spacial score (nSPS) is 10.5. The highest BCUT2D eigenvalue weighted by Gasteiger charge is 2.15. The van der Waals surface area contributed by atoms with E-state index < -0.39 is 0 Å². The summed E-state index contributed by atoms with van der Waals surface area (Å²) < 4.78 is 6.48. The van der Waals surface area contributed by atoms with Gasteiger partial charge in [-0.3, -0.25) is 0 Å². The second-order valence-electron chi connectivity index (χ2n) is 11.7. The number of hydrogen-bond donors (Lipinski definition) is 2. The van der Waals surface area contributed by atoms with E-state index in [1.807, 2.05) is 0 Å². The van der Waals surface area contributed by atoms with Gasteiger partial charge >= 0.3 is 0 Å². The van der Waals surface area contributed by atoms with E-state index >= 15 is 0 Å². The van der Waals surface area contributed by atoms with Gasteiger partial charge in [-0.25, -0.2) is 0 Å². The SMILES string of the molecule is Cc1cc(CNCCCN(C)C)c(C)c(CNCCCN(C)C)c1OCCCCCCCCc1ccccc1.Cl.Cl.Cl.Cl. The van der Waals surface area contributed by atoms with E-state index in [4.69, 9.17) is 4.74 Å². The van der Waals surface area contributed by atoms with E-state index in [1.54, 1.807) is 0 Å². The lowest BCUT2D eigenvalue weighted by atomic mass is 9.97. The average molecular weight is 685 g/mol. The van der Waals surface area contributed by atoms with Gasteiger partial charge in [0.1, 0.15) is 5.75 Å². The summed E-state index contributed by atoms with van der Waals surface area (Å²) in [7, 11) is 8.55.